The number of carbonyl (C=O) groups excluding carboxylic acids is 1. The molecular weight excluding hydrogens is 386 g/mol. The summed E-state index contributed by atoms with van der Waals surface area (Å²) in [4.78, 5) is 25.1. The van der Waals surface area contributed by atoms with E-state index in [4.69, 9.17) is 9.97 Å². The molecule has 2 aromatic heterocycles. The van der Waals surface area contributed by atoms with Crippen molar-refractivity contribution < 1.29 is 4.79 Å². The van der Waals surface area contributed by atoms with Crippen molar-refractivity contribution in [1.82, 2.24) is 15.3 Å². The number of benzene rings is 1. The average molecular weight is 410 g/mol. The summed E-state index contributed by atoms with van der Waals surface area (Å²) in [6.07, 6.45) is 6.90. The number of thiophene rings is 1. The number of thioether (sulfide) groups is 1. The second kappa shape index (κ2) is 7.48. The summed E-state index contributed by atoms with van der Waals surface area (Å²) in [6.45, 7) is 1.95. The molecule has 144 valence electrons. The summed E-state index contributed by atoms with van der Waals surface area (Å²) in [6, 6.07) is 10.4. The first kappa shape index (κ1) is 18.1. The number of aromatic nitrogens is 2. The number of nitrogens with zero attached hydrogens (tertiary/aromatic N) is 2. The van der Waals surface area contributed by atoms with Crippen molar-refractivity contribution in [3.8, 4) is 0 Å². The molecule has 2 aliphatic rings. The fourth-order valence-electron chi connectivity index (χ4n) is 3.83. The Hall–Kier alpha value is -1.92. The Morgan fingerprint density at radius 3 is 2.75 bits per heavy atom. The molecule has 4 nitrogen and oxygen atoms in total. The second-order valence-corrected chi connectivity index (χ2v) is 9.84. The van der Waals surface area contributed by atoms with Gasteiger partial charge in [0.1, 0.15) is 20.9 Å². The molecule has 1 amide bonds. The van der Waals surface area contributed by atoms with Crippen molar-refractivity contribution >= 4 is 39.2 Å². The largest absolute Gasteiger partial charge is 0.352 e. The lowest BCUT2D eigenvalue weighted by atomic mass is 9.97. The zero-order valence-electron chi connectivity index (χ0n) is 15.9. The maximum atomic E-state index is 13.1. The van der Waals surface area contributed by atoms with Crippen molar-refractivity contribution in [2.45, 2.75) is 61.8 Å². The van der Waals surface area contributed by atoms with Crippen LogP contribution in [-0.4, -0.2) is 21.9 Å². The van der Waals surface area contributed by atoms with Gasteiger partial charge < -0.3 is 5.32 Å². The van der Waals surface area contributed by atoms with Gasteiger partial charge in [0, 0.05) is 16.3 Å². The van der Waals surface area contributed by atoms with E-state index in [1.54, 1.807) is 11.8 Å². The fourth-order valence-corrected chi connectivity index (χ4v) is 6.41. The third-order valence-corrected chi connectivity index (χ3v) is 7.81. The Kier molecular flexibility index (Phi) is 4.85. The van der Waals surface area contributed by atoms with Gasteiger partial charge in [-0.05, 0) is 56.6 Å². The van der Waals surface area contributed by atoms with Crippen molar-refractivity contribution in [3.63, 3.8) is 0 Å². The van der Waals surface area contributed by atoms with E-state index in [1.807, 2.05) is 48.6 Å². The minimum atomic E-state index is -0.293. The van der Waals surface area contributed by atoms with Crippen LogP contribution in [0.2, 0.25) is 0 Å². The van der Waals surface area contributed by atoms with E-state index in [1.165, 1.54) is 28.7 Å². The van der Waals surface area contributed by atoms with Gasteiger partial charge in [-0.1, -0.05) is 42.1 Å². The monoisotopic (exact) mass is 409 g/mol. The minimum Gasteiger partial charge on any atom is -0.352 e. The van der Waals surface area contributed by atoms with Gasteiger partial charge in [0.15, 0.2) is 0 Å². The van der Waals surface area contributed by atoms with E-state index < -0.39 is 0 Å². The highest BCUT2D eigenvalue weighted by molar-refractivity contribution is 8.00. The molecule has 0 bridgehead atoms. The van der Waals surface area contributed by atoms with Gasteiger partial charge in [0.2, 0.25) is 5.91 Å². The van der Waals surface area contributed by atoms with E-state index >= 15 is 0 Å². The van der Waals surface area contributed by atoms with Gasteiger partial charge in [0.05, 0.1) is 0 Å². The van der Waals surface area contributed by atoms with Crippen LogP contribution in [0.4, 0.5) is 0 Å². The molecule has 5 rings (SSSR count). The van der Waals surface area contributed by atoms with E-state index in [0.29, 0.717) is 6.04 Å². The number of rotatable bonds is 5. The highest BCUT2D eigenvalue weighted by Gasteiger charge is 2.31. The molecule has 3 aromatic rings. The third-order valence-electron chi connectivity index (χ3n) is 5.39. The first-order valence-corrected chi connectivity index (χ1v) is 11.7. The van der Waals surface area contributed by atoms with Gasteiger partial charge in [-0.25, -0.2) is 9.97 Å². The van der Waals surface area contributed by atoms with Gasteiger partial charge >= 0.3 is 0 Å². The van der Waals surface area contributed by atoms with E-state index in [0.717, 1.165) is 46.9 Å². The Morgan fingerprint density at radius 1 is 1.18 bits per heavy atom. The van der Waals surface area contributed by atoms with Crippen LogP contribution in [0.5, 0.6) is 0 Å². The van der Waals surface area contributed by atoms with Crippen molar-refractivity contribution in [1.29, 1.82) is 0 Å². The molecule has 2 aliphatic carbocycles. The summed E-state index contributed by atoms with van der Waals surface area (Å²) in [5, 5.41) is 5.05. The van der Waals surface area contributed by atoms with Crippen LogP contribution in [0.3, 0.4) is 0 Å². The molecule has 6 heteroatoms. The summed E-state index contributed by atoms with van der Waals surface area (Å²) < 4.78 is 0. The maximum Gasteiger partial charge on any atom is 0.238 e. The minimum absolute atomic E-state index is 0.0900. The number of nitrogens with one attached hydrogen (secondary N) is 1. The van der Waals surface area contributed by atoms with Crippen molar-refractivity contribution in [2.24, 2.45) is 0 Å². The second-order valence-electron chi connectivity index (χ2n) is 7.66. The zero-order valence-corrected chi connectivity index (χ0v) is 17.5. The summed E-state index contributed by atoms with van der Waals surface area (Å²) in [5.74, 6) is 0.871. The molecule has 1 N–H and O–H groups in total. The van der Waals surface area contributed by atoms with Gasteiger partial charge in [-0.2, -0.15) is 0 Å². The number of hydrogen-bond acceptors (Lipinski definition) is 5. The highest BCUT2D eigenvalue weighted by atomic mass is 32.2. The maximum absolute atomic E-state index is 13.1. The van der Waals surface area contributed by atoms with E-state index in [-0.39, 0.29) is 11.2 Å². The lowest BCUT2D eigenvalue weighted by molar-refractivity contribution is -0.120. The number of aryl methyl sites for hydroxylation is 3. The van der Waals surface area contributed by atoms with E-state index in [2.05, 4.69) is 5.32 Å². The van der Waals surface area contributed by atoms with Crippen LogP contribution in [0.1, 0.15) is 52.8 Å². The van der Waals surface area contributed by atoms with Crippen molar-refractivity contribution in [2.75, 3.05) is 0 Å². The molecule has 1 atom stereocenters. The fraction of sp³-hybridized carbons (Fsp3) is 0.409. The number of amides is 1. The number of hydrogen-bond donors (Lipinski definition) is 1. The first-order chi connectivity index (χ1) is 13.7. The predicted molar refractivity (Wildman–Crippen MR) is 115 cm³/mol. The van der Waals surface area contributed by atoms with Crippen LogP contribution in [0.15, 0.2) is 35.4 Å². The molecule has 0 saturated heterocycles. The topological polar surface area (TPSA) is 54.9 Å². The molecule has 0 spiro atoms. The lowest BCUT2D eigenvalue weighted by Crippen LogP contribution is -2.29. The van der Waals surface area contributed by atoms with Crippen LogP contribution in [0, 0.1) is 6.92 Å². The first-order valence-electron chi connectivity index (χ1n) is 10.00. The summed E-state index contributed by atoms with van der Waals surface area (Å²) in [7, 11) is 0. The average Bonchev–Trinajstić information content (AvgIpc) is 3.43. The zero-order chi connectivity index (χ0) is 19.1. The third kappa shape index (κ3) is 3.55. The number of carbonyl (C=O) groups is 1. The number of fused-ring (bicyclic) bond motifs is 3. The normalized spacial score (nSPS) is 17.3. The molecule has 1 fully saturated rings. The Balaban J connectivity index is 1.57. The van der Waals surface area contributed by atoms with E-state index in [9.17, 15) is 4.79 Å². The summed E-state index contributed by atoms with van der Waals surface area (Å²) >= 11 is 3.40. The highest BCUT2D eigenvalue weighted by Crippen LogP contribution is 2.44. The van der Waals surface area contributed by atoms with Crippen LogP contribution in [0.25, 0.3) is 10.2 Å². The quantitative estimate of drug-likeness (QED) is 0.476. The molecule has 1 saturated carbocycles. The molecule has 0 unspecified atom stereocenters. The SMILES string of the molecule is Cc1nc(S[C@@H](C(=O)NC2CC2)c2ccccc2)c2c3c(sc2n1)CCCC3. The van der Waals surface area contributed by atoms with Crippen LogP contribution in [-0.2, 0) is 17.6 Å². The molecule has 28 heavy (non-hydrogen) atoms. The van der Waals surface area contributed by atoms with Gasteiger partial charge in [-0.15, -0.1) is 11.3 Å². The lowest BCUT2D eigenvalue weighted by Gasteiger charge is -2.18. The van der Waals surface area contributed by atoms with Crippen LogP contribution >= 0.6 is 23.1 Å². The molecular formula is C22H23N3OS2. The molecule has 0 aliphatic heterocycles. The Labute approximate surface area is 173 Å². The molecule has 0 radical (unpaired) electrons. The summed E-state index contributed by atoms with van der Waals surface area (Å²) in [5.41, 5.74) is 2.45. The van der Waals surface area contributed by atoms with Gasteiger partial charge in [0.25, 0.3) is 0 Å². The Bertz CT molecular complexity index is 1030. The van der Waals surface area contributed by atoms with Gasteiger partial charge in [-0.3, -0.25) is 4.79 Å². The van der Waals surface area contributed by atoms with Crippen molar-refractivity contribution in [3.05, 3.63) is 52.2 Å². The Morgan fingerprint density at radius 2 is 1.96 bits per heavy atom. The molecule has 1 aromatic carbocycles. The smallest absolute Gasteiger partial charge is 0.238 e. The predicted octanol–water partition coefficient (Wildman–Crippen LogP) is 4.99. The molecule has 2 heterocycles. The standard InChI is InChI=1S/C22H23N3OS2/c1-13-23-21-18(16-9-5-6-10-17(16)27-21)22(24-13)28-19(14-7-3-2-4-8-14)20(26)25-15-11-12-15/h2-4,7-8,15,19H,5-6,9-12H2,1H3,(H,25,26)/t19-/m1/s1. The van der Waals surface area contributed by atoms with Crippen LogP contribution < -0.4 is 5.32 Å².